The normalized spacial score (nSPS) is 11.4. The lowest BCUT2D eigenvalue weighted by Crippen LogP contribution is -2.15. The van der Waals surface area contributed by atoms with E-state index in [2.05, 4.69) is 25.0 Å². The van der Waals surface area contributed by atoms with E-state index in [1.807, 2.05) is 0 Å². The largest absolute Gasteiger partial charge is 0.364 e. The van der Waals surface area contributed by atoms with Crippen molar-refractivity contribution in [2.24, 2.45) is 5.14 Å². The Hall–Kier alpha value is -3.48. The summed E-state index contributed by atoms with van der Waals surface area (Å²) in [4.78, 5) is 21.8. The quantitative estimate of drug-likeness (QED) is 0.403. The van der Waals surface area contributed by atoms with Gasteiger partial charge in [-0.2, -0.15) is 4.37 Å². The van der Waals surface area contributed by atoms with E-state index in [1.54, 1.807) is 0 Å². The van der Waals surface area contributed by atoms with Gasteiger partial charge in [-0.05, 0) is 47.9 Å². The molecule has 0 saturated carbocycles. The fourth-order valence-corrected chi connectivity index (χ4v) is 3.92. The molecule has 0 unspecified atom stereocenters. The first-order chi connectivity index (χ1) is 14.8. The number of hydrogen-bond donors (Lipinski definition) is 3. The molecule has 1 amide bonds. The van der Waals surface area contributed by atoms with E-state index in [-0.39, 0.29) is 17.3 Å². The fraction of sp³-hybridized carbons (Fsp3) is 0.0526. The molecule has 0 fully saturated rings. The van der Waals surface area contributed by atoms with Crippen molar-refractivity contribution in [3.63, 3.8) is 0 Å². The van der Waals surface area contributed by atoms with Gasteiger partial charge in [-0.25, -0.2) is 22.9 Å². The highest BCUT2D eigenvalue weighted by atomic mass is 32.2. The van der Waals surface area contributed by atoms with E-state index in [9.17, 15) is 17.6 Å². The van der Waals surface area contributed by atoms with Crippen LogP contribution in [0.1, 0.15) is 15.2 Å². The molecule has 0 bridgehead atoms. The molecule has 4 aromatic rings. The summed E-state index contributed by atoms with van der Waals surface area (Å²) in [6, 6.07) is 9.66. The Balaban J connectivity index is 1.45. The van der Waals surface area contributed by atoms with Crippen LogP contribution in [0.2, 0.25) is 0 Å². The molecule has 9 nitrogen and oxygen atoms in total. The van der Waals surface area contributed by atoms with Gasteiger partial charge in [-0.15, -0.1) is 0 Å². The maximum absolute atomic E-state index is 13.3. The van der Waals surface area contributed by atoms with Gasteiger partial charge in [0, 0.05) is 11.8 Å². The second-order valence-electron chi connectivity index (χ2n) is 6.43. The standard InChI is InChI=1S/C19H15FN6O3S2/c20-11-1-6-15-16(7-11)22-10-18(26-15)23-9-17-14(8-24-30-17)19(27)25-12-2-4-13(5-3-12)31(21,28)29/h1-8,10H,9H2,(H,23,26)(H,25,27)(H2,21,28,29). The third-order valence-corrected chi connectivity index (χ3v) is 5.99. The Morgan fingerprint density at radius 1 is 1.10 bits per heavy atom. The molecular formula is C19H15FN6O3S2. The zero-order valence-electron chi connectivity index (χ0n) is 15.7. The van der Waals surface area contributed by atoms with E-state index in [0.29, 0.717) is 33.0 Å². The summed E-state index contributed by atoms with van der Waals surface area (Å²) in [6.07, 6.45) is 2.93. The number of nitrogens with zero attached hydrogens (tertiary/aromatic N) is 3. The molecule has 2 heterocycles. The van der Waals surface area contributed by atoms with Crippen LogP contribution in [0.25, 0.3) is 11.0 Å². The molecular weight excluding hydrogens is 443 g/mol. The summed E-state index contributed by atoms with van der Waals surface area (Å²) in [5, 5.41) is 10.8. The van der Waals surface area contributed by atoms with Crippen LogP contribution in [0.4, 0.5) is 15.9 Å². The third kappa shape index (κ3) is 4.82. The first kappa shape index (κ1) is 20.8. The van der Waals surface area contributed by atoms with E-state index < -0.39 is 15.9 Å². The fourth-order valence-electron chi connectivity index (χ4n) is 2.74. The number of aromatic nitrogens is 3. The second kappa shape index (κ2) is 8.34. The molecule has 0 aliphatic carbocycles. The van der Waals surface area contributed by atoms with Gasteiger partial charge in [0.15, 0.2) is 0 Å². The Kier molecular flexibility index (Phi) is 5.59. The van der Waals surface area contributed by atoms with Gasteiger partial charge < -0.3 is 10.6 Å². The number of halogens is 1. The van der Waals surface area contributed by atoms with Crippen molar-refractivity contribution in [1.29, 1.82) is 0 Å². The lowest BCUT2D eigenvalue weighted by molar-refractivity contribution is 0.102. The molecule has 0 aliphatic rings. The van der Waals surface area contributed by atoms with Gasteiger partial charge in [0.1, 0.15) is 11.6 Å². The van der Waals surface area contributed by atoms with Crippen LogP contribution >= 0.6 is 11.5 Å². The molecule has 12 heteroatoms. The Morgan fingerprint density at radius 3 is 2.61 bits per heavy atom. The predicted octanol–water partition coefficient (Wildman–Crippen LogP) is 2.74. The maximum atomic E-state index is 13.3. The number of hydrogen-bond acceptors (Lipinski definition) is 8. The Morgan fingerprint density at radius 2 is 1.87 bits per heavy atom. The number of primary sulfonamides is 1. The Bertz CT molecular complexity index is 1370. The van der Waals surface area contributed by atoms with Crippen LogP contribution in [-0.2, 0) is 16.6 Å². The molecule has 31 heavy (non-hydrogen) atoms. The lowest BCUT2D eigenvalue weighted by Gasteiger charge is -2.08. The van der Waals surface area contributed by atoms with Crippen molar-refractivity contribution in [2.75, 3.05) is 10.6 Å². The maximum Gasteiger partial charge on any atom is 0.258 e. The average Bonchev–Trinajstić information content (AvgIpc) is 3.21. The van der Waals surface area contributed by atoms with Gasteiger partial charge in [-0.1, -0.05) is 0 Å². The number of fused-ring (bicyclic) bond motifs is 1. The number of anilines is 2. The van der Waals surface area contributed by atoms with Gasteiger partial charge in [-0.3, -0.25) is 9.78 Å². The van der Waals surface area contributed by atoms with Crippen LogP contribution in [0.15, 0.2) is 59.8 Å². The zero-order chi connectivity index (χ0) is 22.0. The molecule has 0 radical (unpaired) electrons. The molecule has 4 rings (SSSR count). The van der Waals surface area contributed by atoms with E-state index in [0.717, 1.165) is 11.5 Å². The average molecular weight is 459 g/mol. The van der Waals surface area contributed by atoms with Crippen LogP contribution in [0, 0.1) is 5.82 Å². The van der Waals surface area contributed by atoms with Crippen molar-refractivity contribution in [3.05, 3.63) is 71.1 Å². The SMILES string of the molecule is NS(=O)(=O)c1ccc(NC(=O)c2cnsc2CNc2cnc3cc(F)ccc3n2)cc1. The van der Waals surface area contributed by atoms with Crippen LogP contribution in [0.5, 0.6) is 0 Å². The van der Waals surface area contributed by atoms with Crippen molar-refractivity contribution in [1.82, 2.24) is 14.3 Å². The van der Waals surface area contributed by atoms with Crippen LogP contribution < -0.4 is 15.8 Å². The summed E-state index contributed by atoms with van der Waals surface area (Å²) >= 11 is 1.15. The minimum atomic E-state index is -3.81. The van der Waals surface area contributed by atoms with Crippen LogP contribution in [0.3, 0.4) is 0 Å². The molecule has 0 spiro atoms. The molecule has 158 valence electrons. The van der Waals surface area contributed by atoms with E-state index in [4.69, 9.17) is 5.14 Å². The number of amides is 1. The molecule has 0 atom stereocenters. The number of sulfonamides is 1. The summed E-state index contributed by atoms with van der Waals surface area (Å²) in [5.41, 5.74) is 1.76. The number of carbonyl (C=O) groups excluding carboxylic acids is 1. The summed E-state index contributed by atoms with van der Waals surface area (Å²) in [6.45, 7) is 0.277. The highest BCUT2D eigenvalue weighted by Crippen LogP contribution is 2.20. The van der Waals surface area contributed by atoms with E-state index >= 15 is 0 Å². The molecule has 2 aromatic carbocycles. The monoisotopic (exact) mass is 458 g/mol. The highest BCUT2D eigenvalue weighted by molar-refractivity contribution is 7.89. The topological polar surface area (TPSA) is 140 Å². The van der Waals surface area contributed by atoms with Crippen LogP contribution in [-0.4, -0.2) is 28.7 Å². The lowest BCUT2D eigenvalue weighted by atomic mass is 10.2. The minimum Gasteiger partial charge on any atom is -0.364 e. The predicted molar refractivity (Wildman–Crippen MR) is 115 cm³/mol. The summed E-state index contributed by atoms with van der Waals surface area (Å²) in [7, 11) is -3.81. The molecule has 0 aliphatic heterocycles. The van der Waals surface area contributed by atoms with E-state index in [1.165, 1.54) is 54.9 Å². The number of benzene rings is 2. The van der Waals surface area contributed by atoms with Crippen molar-refractivity contribution >= 4 is 50.0 Å². The van der Waals surface area contributed by atoms with Gasteiger partial charge in [0.05, 0.1) is 45.3 Å². The Labute approximate surface area is 180 Å². The van der Waals surface area contributed by atoms with Crippen molar-refractivity contribution in [2.45, 2.75) is 11.4 Å². The number of nitrogens with two attached hydrogens (primary N) is 1. The zero-order valence-corrected chi connectivity index (χ0v) is 17.4. The highest BCUT2D eigenvalue weighted by Gasteiger charge is 2.15. The molecule has 4 N–H and O–H groups in total. The first-order valence-electron chi connectivity index (χ1n) is 8.83. The van der Waals surface area contributed by atoms with Crippen molar-refractivity contribution in [3.8, 4) is 0 Å². The second-order valence-corrected chi connectivity index (χ2v) is 8.88. The van der Waals surface area contributed by atoms with Gasteiger partial charge >= 0.3 is 0 Å². The van der Waals surface area contributed by atoms with Gasteiger partial charge in [0.25, 0.3) is 5.91 Å². The number of carbonyl (C=O) groups is 1. The van der Waals surface area contributed by atoms with Gasteiger partial charge in [0.2, 0.25) is 10.0 Å². The smallest absolute Gasteiger partial charge is 0.258 e. The first-order valence-corrected chi connectivity index (χ1v) is 11.2. The number of nitrogens with one attached hydrogen (secondary N) is 2. The molecule has 0 saturated heterocycles. The molecule has 2 aromatic heterocycles. The minimum absolute atomic E-state index is 0.0492. The summed E-state index contributed by atoms with van der Waals surface area (Å²) in [5.74, 6) is -0.312. The van der Waals surface area contributed by atoms with Crippen molar-refractivity contribution < 1.29 is 17.6 Å². The third-order valence-electron chi connectivity index (χ3n) is 4.26. The number of rotatable bonds is 6. The summed E-state index contributed by atoms with van der Waals surface area (Å²) < 4.78 is 40.0.